The Kier molecular flexibility index (Phi) is 18.3. The Morgan fingerprint density at radius 3 is 0.708 bits per heavy atom. The molecule has 0 saturated heterocycles. The molecule has 0 saturated carbocycles. The molecule has 1 aromatic heterocycles. The number of carbonyl (C=O) groups excluding carboxylic acids is 8. The van der Waals surface area contributed by atoms with Crippen LogP contribution >= 0.6 is 105 Å². The van der Waals surface area contributed by atoms with E-state index in [1.807, 2.05) is 0 Å². The average Bonchev–Trinajstić information content (AvgIpc) is 4.19. The van der Waals surface area contributed by atoms with Crippen molar-refractivity contribution in [2.45, 2.75) is 0 Å². The molecule has 4 aliphatic heterocycles. The van der Waals surface area contributed by atoms with Gasteiger partial charge in [0, 0.05) is 11.1 Å². The summed E-state index contributed by atoms with van der Waals surface area (Å²) in [6.07, 6.45) is 3.20. The van der Waals surface area contributed by atoms with E-state index in [0.29, 0.717) is 26.7 Å². The predicted octanol–water partition coefficient (Wildman–Crippen LogP) is 6.94. The molecule has 0 spiro atoms. The van der Waals surface area contributed by atoms with Gasteiger partial charge in [-0.15, -0.1) is 11.3 Å². The smallest absolute Gasteiger partial charge is 0.346 e. The molecule has 0 aromatic carbocycles. The summed E-state index contributed by atoms with van der Waals surface area (Å²) >= 11 is 8.21. The van der Waals surface area contributed by atoms with Crippen molar-refractivity contribution in [2.75, 3.05) is 71.1 Å². The van der Waals surface area contributed by atoms with Crippen LogP contribution in [0.3, 0.4) is 0 Å². The lowest BCUT2D eigenvalue weighted by molar-refractivity contribution is -0.138. The van der Waals surface area contributed by atoms with Gasteiger partial charge < -0.3 is 47.4 Å². The fourth-order valence-electron chi connectivity index (χ4n) is 5.18. The molecule has 5 heterocycles. The molecule has 27 heteroatoms. The average molecular weight is 1070 g/mol. The number of carbonyl (C=O) groups is 8. The van der Waals surface area contributed by atoms with E-state index in [1.165, 1.54) is 14.2 Å². The van der Waals surface area contributed by atoms with Crippen LogP contribution in [0.25, 0.3) is 11.1 Å². The molecular weight excluding hydrogens is 1030 g/mol. The first-order chi connectivity index (χ1) is 31.1. The molecule has 0 N–H and O–H groups in total. The molecule has 1 aromatic rings. The Hall–Kier alpha value is -4.22. The Bertz CT molecular complexity index is 2260. The molecule has 346 valence electrons. The predicted molar refractivity (Wildman–Crippen MR) is 252 cm³/mol. The van der Waals surface area contributed by atoms with E-state index in [4.69, 9.17) is 47.4 Å². The fraction of sp³-hybridized carbons (Fsp3) is 0.263. The molecule has 0 aliphatic carbocycles. The number of methoxy groups -OCH3 is 10. The largest absolute Gasteiger partial charge is 0.491 e. The highest BCUT2D eigenvalue weighted by Gasteiger charge is 2.40. The van der Waals surface area contributed by atoms with Gasteiger partial charge in [-0.05, 0) is 12.2 Å². The van der Waals surface area contributed by atoms with E-state index in [0.717, 1.165) is 162 Å². The van der Waals surface area contributed by atoms with Crippen LogP contribution in [0.4, 0.5) is 0 Å². The summed E-state index contributed by atoms with van der Waals surface area (Å²) in [4.78, 5) is 104. The van der Waals surface area contributed by atoms with Gasteiger partial charge in [0.25, 0.3) is 0 Å². The summed E-state index contributed by atoms with van der Waals surface area (Å²) in [6, 6.07) is 0. The number of ether oxygens (including phenoxy) is 10. The van der Waals surface area contributed by atoms with Crippen LogP contribution in [0.15, 0.2) is 68.3 Å². The number of allylic oxidation sites excluding steroid dienone is 4. The van der Waals surface area contributed by atoms with Gasteiger partial charge in [-0.25, -0.2) is 38.4 Å². The van der Waals surface area contributed by atoms with Crippen LogP contribution < -0.4 is 9.47 Å². The number of thioether (sulfide) groups is 8. The topological polar surface area (TPSA) is 229 Å². The second kappa shape index (κ2) is 23.0. The highest BCUT2D eigenvalue weighted by Crippen LogP contribution is 2.62. The summed E-state index contributed by atoms with van der Waals surface area (Å²) in [6.45, 7) is 0. The molecular formula is C38H32O18S9. The van der Waals surface area contributed by atoms with Gasteiger partial charge in [0.05, 0.1) is 97.8 Å². The third-order valence-corrected chi connectivity index (χ3v) is 19.3. The minimum Gasteiger partial charge on any atom is -0.491 e. The normalized spacial score (nSPS) is 15.8. The van der Waals surface area contributed by atoms with E-state index in [-0.39, 0.29) is 61.9 Å². The second-order valence-electron chi connectivity index (χ2n) is 11.5. The zero-order chi connectivity index (χ0) is 47.9. The van der Waals surface area contributed by atoms with E-state index in [2.05, 4.69) is 0 Å². The lowest BCUT2D eigenvalue weighted by Crippen LogP contribution is -2.08. The molecule has 5 rings (SSSR count). The van der Waals surface area contributed by atoms with Crippen LogP contribution in [0.5, 0.6) is 11.5 Å². The van der Waals surface area contributed by atoms with Gasteiger partial charge in [-0.1, -0.05) is 94.1 Å². The molecule has 0 bridgehead atoms. The van der Waals surface area contributed by atoms with E-state index < -0.39 is 47.8 Å². The summed E-state index contributed by atoms with van der Waals surface area (Å²) in [5.41, 5.74) is 0.577. The van der Waals surface area contributed by atoms with Crippen LogP contribution in [0.1, 0.15) is 9.75 Å². The molecule has 0 radical (unpaired) electrons. The van der Waals surface area contributed by atoms with Crippen LogP contribution in [-0.4, -0.2) is 119 Å². The van der Waals surface area contributed by atoms with Crippen molar-refractivity contribution >= 4 is 164 Å². The van der Waals surface area contributed by atoms with Crippen LogP contribution in [0, 0.1) is 0 Å². The van der Waals surface area contributed by atoms with Crippen molar-refractivity contribution in [2.24, 2.45) is 0 Å². The van der Waals surface area contributed by atoms with Crippen molar-refractivity contribution in [3.63, 3.8) is 0 Å². The first kappa shape index (κ1) is 51.8. The summed E-state index contributed by atoms with van der Waals surface area (Å²) < 4.78 is 53.2. The SMILES string of the molecule is COC(=O)C1=C(C(=O)OC)SC(=CC(=C2SC(C(=O)OC)=C(C(=O)OC)S2)c2sc(C(C=C3SC(C(=O)OC)=C(C(=O)OC)S3)=C3SC(C(=O)OC)=C(C(=O)OC)S3)c(OC)c2OC)S1. The second-order valence-corrected chi connectivity index (χ2v) is 21.9. The van der Waals surface area contributed by atoms with E-state index in [1.54, 1.807) is 12.2 Å². The van der Waals surface area contributed by atoms with Gasteiger partial charge in [-0.3, -0.25) is 0 Å². The summed E-state index contributed by atoms with van der Waals surface area (Å²) in [7, 11) is 11.9. The number of rotatable bonds is 14. The molecule has 65 heavy (non-hydrogen) atoms. The van der Waals surface area contributed by atoms with E-state index >= 15 is 0 Å². The van der Waals surface area contributed by atoms with Gasteiger partial charge in [0.2, 0.25) is 0 Å². The third kappa shape index (κ3) is 10.8. The molecule has 0 amide bonds. The third-order valence-electron chi connectivity index (χ3n) is 8.07. The summed E-state index contributed by atoms with van der Waals surface area (Å²) in [5, 5.41) is 0. The maximum absolute atomic E-state index is 13.1. The maximum atomic E-state index is 13.1. The van der Waals surface area contributed by atoms with Crippen molar-refractivity contribution in [3.05, 3.63) is 78.1 Å². The van der Waals surface area contributed by atoms with Crippen molar-refractivity contribution in [3.8, 4) is 11.5 Å². The minimum atomic E-state index is -0.837. The number of thiophene rings is 1. The lowest BCUT2D eigenvalue weighted by Gasteiger charge is -2.11. The van der Waals surface area contributed by atoms with Gasteiger partial charge >= 0.3 is 47.8 Å². The monoisotopic (exact) mass is 1060 g/mol. The lowest BCUT2D eigenvalue weighted by atomic mass is 10.2. The molecule has 0 fully saturated rings. The minimum absolute atomic E-state index is 0.0613. The zero-order valence-electron chi connectivity index (χ0n) is 35.2. The zero-order valence-corrected chi connectivity index (χ0v) is 42.5. The van der Waals surface area contributed by atoms with Crippen LogP contribution in [0.2, 0.25) is 0 Å². The quantitative estimate of drug-likeness (QED) is 0.136. The Morgan fingerprint density at radius 2 is 0.523 bits per heavy atom. The Labute approximate surface area is 407 Å². The first-order valence-electron chi connectivity index (χ1n) is 17.3. The van der Waals surface area contributed by atoms with Crippen LogP contribution in [-0.2, 0) is 76.3 Å². The summed E-state index contributed by atoms with van der Waals surface area (Å²) in [5.74, 6) is -6.37. The van der Waals surface area contributed by atoms with Gasteiger partial charge in [0.15, 0.2) is 11.5 Å². The first-order valence-corrected chi connectivity index (χ1v) is 24.7. The van der Waals surface area contributed by atoms with Crippen molar-refractivity contribution in [1.29, 1.82) is 0 Å². The molecule has 4 aliphatic rings. The Morgan fingerprint density at radius 1 is 0.323 bits per heavy atom. The van der Waals surface area contributed by atoms with Gasteiger partial charge in [-0.2, -0.15) is 0 Å². The molecule has 0 atom stereocenters. The van der Waals surface area contributed by atoms with Gasteiger partial charge in [0.1, 0.15) is 39.2 Å². The van der Waals surface area contributed by atoms with Crippen molar-refractivity contribution in [1.82, 2.24) is 0 Å². The molecule has 18 nitrogen and oxygen atoms in total. The number of hydrogen-bond acceptors (Lipinski definition) is 27. The number of esters is 8. The fourth-order valence-corrected chi connectivity index (χ4v) is 16.5. The Balaban J connectivity index is 1.84. The number of hydrogen-bond donors (Lipinski definition) is 0. The van der Waals surface area contributed by atoms with E-state index in [9.17, 15) is 38.4 Å². The highest BCUT2D eigenvalue weighted by atomic mass is 32.2. The van der Waals surface area contributed by atoms with Crippen molar-refractivity contribution < 1.29 is 85.7 Å². The highest BCUT2D eigenvalue weighted by molar-refractivity contribution is 8.31. The standard InChI is InChI=1S/C38H32O18S9/c1-47-17-18(48-2)20(14(38-64-27(35(45)55-9)28(65-38)36(46)56-10)12-16-59-23(31(41)51-5)24(60-16)32(42)52-6)61-19(17)13(37-62-25(33(43)53-7)26(63-37)34(44)54-8)11-15-57-21(29(39)49-3)22(58-15)30(40)50-4/h11-12H,1-10H3. The maximum Gasteiger partial charge on any atom is 0.346 e. The molecule has 0 unspecified atom stereocenters.